The molecule has 1 saturated carbocycles. The topological polar surface area (TPSA) is 73.2 Å². The highest BCUT2D eigenvalue weighted by Gasteiger charge is 2.28. The Labute approximate surface area is 189 Å². The highest BCUT2D eigenvalue weighted by atomic mass is 16.2. The lowest BCUT2D eigenvalue weighted by molar-refractivity contribution is -0.120. The zero-order valence-electron chi connectivity index (χ0n) is 19.0. The monoisotopic (exact) mass is 438 g/mol. The van der Waals surface area contributed by atoms with Gasteiger partial charge in [-0.2, -0.15) is 5.10 Å². The fourth-order valence-electron chi connectivity index (χ4n) is 5.55. The summed E-state index contributed by atoms with van der Waals surface area (Å²) in [4.78, 5) is 30.7. The Morgan fingerprint density at radius 3 is 2.75 bits per heavy atom. The van der Waals surface area contributed by atoms with E-state index in [4.69, 9.17) is 0 Å². The van der Waals surface area contributed by atoms with Gasteiger partial charge in [0.25, 0.3) is 0 Å². The van der Waals surface area contributed by atoms with Gasteiger partial charge in [-0.05, 0) is 43.4 Å². The number of amides is 3. The van der Waals surface area contributed by atoms with Gasteiger partial charge < -0.3 is 4.90 Å². The van der Waals surface area contributed by atoms with Crippen molar-refractivity contribution < 1.29 is 9.59 Å². The van der Waals surface area contributed by atoms with E-state index in [2.05, 4.69) is 39.3 Å². The fraction of sp³-hybridized carbons (Fsp3) is 0.625. The summed E-state index contributed by atoms with van der Waals surface area (Å²) in [7, 11) is 0. The van der Waals surface area contributed by atoms with Crippen LogP contribution in [0.3, 0.4) is 0 Å². The van der Waals surface area contributed by atoms with E-state index in [0.29, 0.717) is 19.0 Å². The Balaban J connectivity index is 1.24. The van der Waals surface area contributed by atoms with Crippen LogP contribution in [0.1, 0.15) is 51.0 Å². The number of nitrogens with one attached hydrogen (secondary N) is 1. The van der Waals surface area contributed by atoms with E-state index in [1.165, 1.54) is 44.2 Å². The molecule has 8 heteroatoms. The predicted molar refractivity (Wildman–Crippen MR) is 124 cm³/mol. The minimum absolute atomic E-state index is 0.222. The van der Waals surface area contributed by atoms with Crippen molar-refractivity contribution in [3.8, 4) is 0 Å². The van der Waals surface area contributed by atoms with Crippen LogP contribution < -0.4 is 10.2 Å². The van der Waals surface area contributed by atoms with Crippen molar-refractivity contribution in [3.05, 3.63) is 30.1 Å². The number of fused-ring (bicyclic) bond motifs is 1. The molecule has 172 valence electrons. The molecule has 0 bridgehead atoms. The molecule has 4 heterocycles. The van der Waals surface area contributed by atoms with Gasteiger partial charge >= 0.3 is 6.03 Å². The summed E-state index contributed by atoms with van der Waals surface area (Å²) in [6.07, 6.45) is 11.0. The van der Waals surface area contributed by atoms with Gasteiger partial charge in [-0.25, -0.2) is 9.31 Å². The van der Waals surface area contributed by atoms with Crippen molar-refractivity contribution in [2.45, 2.75) is 58.0 Å². The Morgan fingerprint density at radius 2 is 1.97 bits per heavy atom. The van der Waals surface area contributed by atoms with Crippen LogP contribution in [0, 0.1) is 5.92 Å². The van der Waals surface area contributed by atoms with E-state index < -0.39 is 0 Å². The second-order valence-electron chi connectivity index (χ2n) is 9.73. The molecule has 3 fully saturated rings. The number of carbonyl (C=O) groups is 2. The van der Waals surface area contributed by atoms with Gasteiger partial charge in [0.1, 0.15) is 0 Å². The molecule has 2 aliphatic heterocycles. The van der Waals surface area contributed by atoms with Crippen molar-refractivity contribution in [1.82, 2.24) is 24.7 Å². The molecule has 3 aliphatic rings. The molecule has 2 aromatic heterocycles. The molecule has 3 amide bonds. The number of imide groups is 1. The molecule has 5 rings (SSSR count). The third-order valence-electron chi connectivity index (χ3n) is 7.39. The quantitative estimate of drug-likeness (QED) is 0.777. The molecule has 2 saturated heterocycles. The number of urea groups is 1. The minimum atomic E-state index is -0.371. The standard InChI is InChI=1S/C24H34N6O2/c1-18-15-27(16-19-5-3-2-4-6-19)11-12-28(18)17-20-7-10-30-21(13-20)22(14-25-30)29-9-8-23(31)26-24(29)32/h7,10,13-14,18-19H,2-6,8-9,11-12,15-17H2,1H3,(H,26,31,32)/t18-/m1/s1. The van der Waals surface area contributed by atoms with Gasteiger partial charge in [0, 0.05) is 57.9 Å². The van der Waals surface area contributed by atoms with Crippen LogP contribution in [0.25, 0.3) is 5.52 Å². The predicted octanol–water partition coefficient (Wildman–Crippen LogP) is 2.87. The molecule has 2 aromatic rings. The summed E-state index contributed by atoms with van der Waals surface area (Å²) in [6.45, 7) is 8.25. The third kappa shape index (κ3) is 4.52. The maximum Gasteiger partial charge on any atom is 0.328 e. The molecule has 0 spiro atoms. The molecule has 1 N–H and O–H groups in total. The zero-order valence-corrected chi connectivity index (χ0v) is 19.0. The van der Waals surface area contributed by atoms with Crippen LogP contribution in [-0.2, 0) is 11.3 Å². The molecule has 0 aromatic carbocycles. The summed E-state index contributed by atoms with van der Waals surface area (Å²) in [5, 5.41) is 6.81. The first-order valence-corrected chi connectivity index (χ1v) is 12.1. The van der Waals surface area contributed by atoms with Gasteiger partial charge in [-0.3, -0.25) is 19.9 Å². The molecule has 0 radical (unpaired) electrons. The van der Waals surface area contributed by atoms with Crippen molar-refractivity contribution in [3.63, 3.8) is 0 Å². The number of anilines is 1. The van der Waals surface area contributed by atoms with Gasteiger partial charge in [-0.15, -0.1) is 0 Å². The Morgan fingerprint density at radius 1 is 1.12 bits per heavy atom. The van der Waals surface area contributed by atoms with E-state index >= 15 is 0 Å². The Hall–Kier alpha value is -2.45. The summed E-state index contributed by atoms with van der Waals surface area (Å²) in [5.74, 6) is 0.674. The second kappa shape index (κ2) is 9.19. The number of nitrogens with zero attached hydrogens (tertiary/aromatic N) is 5. The van der Waals surface area contributed by atoms with Gasteiger partial charge in [0.15, 0.2) is 0 Å². The van der Waals surface area contributed by atoms with Crippen LogP contribution in [0.2, 0.25) is 0 Å². The zero-order chi connectivity index (χ0) is 22.1. The molecule has 32 heavy (non-hydrogen) atoms. The summed E-state index contributed by atoms with van der Waals surface area (Å²) in [5.41, 5.74) is 2.87. The SMILES string of the molecule is C[C@@H]1CN(CC2CCCCC2)CCN1Cc1ccn2ncc(N3CCC(=O)NC3=O)c2c1. The van der Waals surface area contributed by atoms with E-state index in [0.717, 1.165) is 43.3 Å². The largest absolute Gasteiger partial charge is 0.328 e. The first-order valence-electron chi connectivity index (χ1n) is 12.1. The van der Waals surface area contributed by atoms with Crippen molar-refractivity contribution in [1.29, 1.82) is 0 Å². The Bertz CT molecular complexity index is 982. The average molecular weight is 439 g/mol. The number of carbonyl (C=O) groups excluding carboxylic acids is 2. The Kier molecular flexibility index (Phi) is 6.15. The van der Waals surface area contributed by atoms with Crippen molar-refractivity contribution in [2.24, 2.45) is 5.92 Å². The lowest BCUT2D eigenvalue weighted by atomic mass is 9.88. The molecule has 1 atom stereocenters. The normalized spacial score (nSPS) is 24.3. The van der Waals surface area contributed by atoms with E-state index in [1.54, 1.807) is 15.6 Å². The number of pyridine rings is 1. The maximum atomic E-state index is 12.3. The summed E-state index contributed by atoms with van der Waals surface area (Å²) in [6, 6.07) is 4.40. The summed E-state index contributed by atoms with van der Waals surface area (Å²) < 4.78 is 1.80. The van der Waals surface area contributed by atoms with Crippen LogP contribution in [0.4, 0.5) is 10.5 Å². The van der Waals surface area contributed by atoms with E-state index in [-0.39, 0.29) is 11.9 Å². The highest BCUT2D eigenvalue weighted by molar-refractivity contribution is 6.07. The lowest BCUT2D eigenvalue weighted by Crippen LogP contribution is -2.52. The van der Waals surface area contributed by atoms with Gasteiger partial charge in [0.05, 0.1) is 17.4 Å². The number of piperazine rings is 1. The van der Waals surface area contributed by atoms with E-state index in [1.807, 2.05) is 6.20 Å². The van der Waals surface area contributed by atoms with Crippen LogP contribution in [0.15, 0.2) is 24.5 Å². The van der Waals surface area contributed by atoms with Gasteiger partial charge in [-0.1, -0.05) is 19.3 Å². The summed E-state index contributed by atoms with van der Waals surface area (Å²) >= 11 is 0. The van der Waals surface area contributed by atoms with Crippen LogP contribution in [-0.4, -0.2) is 70.1 Å². The molecule has 0 unspecified atom stereocenters. The number of hydrogen-bond donors (Lipinski definition) is 1. The maximum absolute atomic E-state index is 12.3. The molecule has 8 nitrogen and oxygen atoms in total. The molecular weight excluding hydrogens is 404 g/mol. The van der Waals surface area contributed by atoms with Crippen molar-refractivity contribution in [2.75, 3.05) is 37.6 Å². The van der Waals surface area contributed by atoms with E-state index in [9.17, 15) is 9.59 Å². The third-order valence-corrected chi connectivity index (χ3v) is 7.39. The second-order valence-corrected chi connectivity index (χ2v) is 9.73. The highest BCUT2D eigenvalue weighted by Crippen LogP contribution is 2.27. The van der Waals surface area contributed by atoms with Crippen LogP contribution in [0.5, 0.6) is 0 Å². The van der Waals surface area contributed by atoms with Crippen LogP contribution >= 0.6 is 0 Å². The first kappa shape index (κ1) is 21.4. The molecular formula is C24H34N6O2. The minimum Gasteiger partial charge on any atom is -0.300 e. The smallest absolute Gasteiger partial charge is 0.300 e. The van der Waals surface area contributed by atoms with Gasteiger partial charge in [0.2, 0.25) is 5.91 Å². The van der Waals surface area contributed by atoms with Crippen molar-refractivity contribution >= 4 is 23.1 Å². The first-order chi connectivity index (χ1) is 15.6. The lowest BCUT2D eigenvalue weighted by Gasteiger charge is -2.41. The number of hydrogen-bond acceptors (Lipinski definition) is 5. The number of rotatable bonds is 5. The number of aromatic nitrogens is 2. The fourth-order valence-corrected chi connectivity index (χ4v) is 5.55. The molecule has 1 aliphatic carbocycles. The average Bonchev–Trinajstić information content (AvgIpc) is 3.19.